The highest BCUT2D eigenvalue weighted by Gasteiger charge is 2.35. The minimum Gasteiger partial charge on any atom is -0.497 e. The van der Waals surface area contributed by atoms with Crippen LogP contribution in [0.4, 0.5) is 21.0 Å². The van der Waals surface area contributed by atoms with Gasteiger partial charge in [0.15, 0.2) is 5.76 Å². The van der Waals surface area contributed by atoms with Gasteiger partial charge in [0.2, 0.25) is 0 Å². The number of anilines is 2. The van der Waals surface area contributed by atoms with E-state index in [0.29, 0.717) is 60.2 Å². The lowest BCUT2D eigenvalue weighted by Crippen LogP contribution is -2.52. The lowest BCUT2D eigenvalue weighted by Gasteiger charge is -2.36. The number of urea groups is 2. The van der Waals surface area contributed by atoms with Crippen molar-refractivity contribution in [3.8, 4) is 11.5 Å². The number of nitrogens with zero attached hydrogens (tertiary/aromatic N) is 2. The molecule has 1 aliphatic heterocycles. The minimum atomic E-state index is -0.880. The maximum absolute atomic E-state index is 13.4. The Hall–Kier alpha value is -4.13. The quantitative estimate of drug-likeness (QED) is 0.338. The fraction of sp³-hybridized carbons (Fsp3) is 0.393. The van der Waals surface area contributed by atoms with Crippen LogP contribution in [0.5, 0.6) is 11.5 Å². The monoisotopic (exact) mass is 554 g/mol. The zero-order valence-electron chi connectivity index (χ0n) is 22.7. The van der Waals surface area contributed by atoms with Gasteiger partial charge in [-0.25, -0.2) is 14.5 Å². The number of carbonyl (C=O) groups excluding carboxylic acids is 2. The third-order valence-corrected chi connectivity index (χ3v) is 6.41. The maximum atomic E-state index is 13.4. The van der Waals surface area contributed by atoms with Crippen LogP contribution in [0.25, 0.3) is 0 Å². The van der Waals surface area contributed by atoms with Crippen LogP contribution >= 0.6 is 0 Å². The van der Waals surface area contributed by atoms with Crippen molar-refractivity contribution >= 4 is 23.4 Å². The van der Waals surface area contributed by atoms with Crippen LogP contribution < -0.4 is 20.1 Å². The van der Waals surface area contributed by atoms with Crippen molar-refractivity contribution in [2.75, 3.05) is 38.5 Å². The summed E-state index contributed by atoms with van der Waals surface area (Å²) in [6.07, 6.45) is -0.538. The molecule has 0 radical (unpaired) electrons. The van der Waals surface area contributed by atoms with Gasteiger partial charge in [-0.15, -0.1) is 0 Å². The smallest absolute Gasteiger partial charge is 0.330 e. The van der Waals surface area contributed by atoms with Gasteiger partial charge >= 0.3 is 12.1 Å². The van der Waals surface area contributed by atoms with Gasteiger partial charge in [0.25, 0.3) is 0 Å². The van der Waals surface area contributed by atoms with Gasteiger partial charge in [-0.1, -0.05) is 17.3 Å². The highest BCUT2D eigenvalue weighted by molar-refractivity contribution is 6.05. The first-order chi connectivity index (χ1) is 19.4. The third-order valence-electron chi connectivity index (χ3n) is 6.41. The average molecular weight is 555 g/mol. The zero-order chi connectivity index (χ0) is 28.5. The molecule has 1 saturated heterocycles. The molecule has 2 aromatic carbocycles. The van der Waals surface area contributed by atoms with E-state index in [-0.39, 0.29) is 12.6 Å². The molecule has 0 saturated carbocycles. The van der Waals surface area contributed by atoms with Crippen LogP contribution in [0, 0.1) is 0 Å². The molecule has 3 N–H and O–H groups in total. The maximum Gasteiger partial charge on any atom is 0.330 e. The molecule has 40 heavy (non-hydrogen) atoms. The minimum absolute atomic E-state index is 0.197. The second-order valence-corrected chi connectivity index (χ2v) is 9.30. The number of aliphatic hydroxyl groups is 1. The van der Waals surface area contributed by atoms with E-state index in [1.165, 1.54) is 14.2 Å². The molecule has 2 heterocycles. The van der Waals surface area contributed by atoms with E-state index in [9.17, 15) is 14.7 Å². The average Bonchev–Trinajstić information content (AvgIpc) is 3.40. The van der Waals surface area contributed by atoms with Crippen molar-refractivity contribution in [1.82, 2.24) is 10.1 Å². The second-order valence-electron chi connectivity index (χ2n) is 9.30. The van der Waals surface area contributed by atoms with Gasteiger partial charge in [0.1, 0.15) is 24.2 Å². The Morgan fingerprint density at radius 2 is 1.60 bits per heavy atom. The van der Waals surface area contributed by atoms with Crippen molar-refractivity contribution < 1.29 is 38.2 Å². The van der Waals surface area contributed by atoms with Crippen LogP contribution in [0.15, 0.2) is 59.1 Å². The number of ether oxygens (including phenoxy) is 4. The van der Waals surface area contributed by atoms with Gasteiger partial charge in [-0.2, -0.15) is 0 Å². The summed E-state index contributed by atoms with van der Waals surface area (Å²) in [4.78, 5) is 27.8. The van der Waals surface area contributed by atoms with Crippen LogP contribution in [0.1, 0.15) is 24.3 Å². The first kappa shape index (κ1) is 28.9. The molecule has 12 heteroatoms. The molecular weight excluding hydrogens is 520 g/mol. The number of nitrogens with one attached hydrogen (secondary N) is 2. The van der Waals surface area contributed by atoms with E-state index in [4.69, 9.17) is 23.5 Å². The highest BCUT2D eigenvalue weighted by Crippen LogP contribution is 2.25. The zero-order valence-corrected chi connectivity index (χ0v) is 22.7. The van der Waals surface area contributed by atoms with Gasteiger partial charge in [0.05, 0.1) is 38.7 Å². The fourth-order valence-electron chi connectivity index (χ4n) is 4.38. The molecular formula is C28H34N4O8. The molecule has 4 rings (SSSR count). The van der Waals surface area contributed by atoms with Gasteiger partial charge in [-0.05, 0) is 37.1 Å². The van der Waals surface area contributed by atoms with Crippen LogP contribution in [-0.2, 0) is 22.5 Å². The number of hydrogen-bond donors (Lipinski definition) is 3. The van der Waals surface area contributed by atoms with Crippen molar-refractivity contribution in [3.05, 3.63) is 66.1 Å². The van der Waals surface area contributed by atoms with E-state index in [1.54, 1.807) is 61.7 Å². The standard InChI is InChI=1S/C28H34N4O8/c1-36-17-24-15-20(31-40-24)14-23-10-11-25(33)26(39-23)16-32(27(34)29-18-6-4-8-21(12-18)37-2)28(35)30-19-7-5-9-22(13-19)38-3/h4-9,12-13,15,23,25-26,33H,10-11,14,16-17H2,1-3H3,(H,29,34)(H,30,35). The number of carbonyl (C=O) groups is 2. The number of aromatic nitrogens is 1. The van der Waals surface area contributed by atoms with E-state index < -0.39 is 24.3 Å². The molecule has 1 fully saturated rings. The highest BCUT2D eigenvalue weighted by atomic mass is 16.5. The molecule has 4 amide bonds. The molecule has 214 valence electrons. The molecule has 3 unspecified atom stereocenters. The molecule has 1 aromatic heterocycles. The van der Waals surface area contributed by atoms with Crippen molar-refractivity contribution in [3.63, 3.8) is 0 Å². The van der Waals surface area contributed by atoms with Gasteiger partial charge in [0, 0.05) is 43.1 Å². The summed E-state index contributed by atoms with van der Waals surface area (Å²) in [6, 6.07) is 13.9. The van der Waals surface area contributed by atoms with Crippen LogP contribution in [-0.4, -0.2) is 73.4 Å². The predicted octanol–water partition coefficient (Wildman–Crippen LogP) is 4.06. The number of hydrogen-bond acceptors (Lipinski definition) is 9. The fourth-order valence-corrected chi connectivity index (χ4v) is 4.38. The molecule has 0 bridgehead atoms. The Bertz CT molecular complexity index is 1220. The van der Waals surface area contributed by atoms with Crippen molar-refractivity contribution in [1.29, 1.82) is 0 Å². The Kier molecular flexibility index (Phi) is 9.95. The van der Waals surface area contributed by atoms with E-state index in [2.05, 4.69) is 15.8 Å². The predicted molar refractivity (Wildman–Crippen MR) is 146 cm³/mol. The molecule has 1 aliphatic rings. The summed E-state index contributed by atoms with van der Waals surface area (Å²) < 4.78 is 27.0. The lowest BCUT2D eigenvalue weighted by molar-refractivity contribution is -0.119. The SMILES string of the molecule is COCc1cc(CC2CCC(O)C(CN(C(=O)Nc3cccc(OC)c3)C(=O)Nc3cccc(OC)c3)O2)no1. The van der Waals surface area contributed by atoms with Crippen LogP contribution in [0.2, 0.25) is 0 Å². The first-order valence-electron chi connectivity index (χ1n) is 12.8. The largest absolute Gasteiger partial charge is 0.497 e. The summed E-state index contributed by atoms with van der Waals surface area (Å²) in [5, 5.41) is 20.3. The second kappa shape index (κ2) is 13.8. The summed E-state index contributed by atoms with van der Waals surface area (Å²) >= 11 is 0. The first-order valence-corrected chi connectivity index (χ1v) is 12.8. The van der Waals surface area contributed by atoms with E-state index >= 15 is 0 Å². The Labute approximate surface area is 232 Å². The number of rotatable bonds is 10. The number of aliphatic hydroxyl groups excluding tert-OH is 1. The summed E-state index contributed by atoms with van der Waals surface area (Å²) in [7, 11) is 4.61. The Morgan fingerprint density at radius 3 is 2.17 bits per heavy atom. The van der Waals surface area contributed by atoms with Gasteiger partial charge < -0.3 is 39.2 Å². The molecule has 3 atom stereocenters. The Morgan fingerprint density at radius 1 is 0.975 bits per heavy atom. The van der Waals surface area contributed by atoms with Gasteiger partial charge in [-0.3, -0.25) is 0 Å². The molecule has 12 nitrogen and oxygen atoms in total. The molecule has 0 aliphatic carbocycles. The summed E-state index contributed by atoms with van der Waals surface area (Å²) in [5.41, 5.74) is 1.56. The third kappa shape index (κ3) is 7.72. The number of amides is 4. The Balaban J connectivity index is 1.50. The molecule has 3 aromatic rings. The number of imide groups is 1. The topological polar surface area (TPSA) is 145 Å². The number of methoxy groups -OCH3 is 3. The van der Waals surface area contributed by atoms with E-state index in [1.807, 2.05) is 0 Å². The normalized spacial score (nSPS) is 18.6. The van der Waals surface area contributed by atoms with Crippen molar-refractivity contribution in [2.45, 2.75) is 44.2 Å². The summed E-state index contributed by atoms with van der Waals surface area (Å²) in [5.74, 6) is 1.68. The van der Waals surface area contributed by atoms with Crippen molar-refractivity contribution in [2.24, 2.45) is 0 Å². The lowest BCUT2D eigenvalue weighted by atomic mass is 9.98. The number of benzene rings is 2. The van der Waals surface area contributed by atoms with E-state index in [0.717, 1.165) is 4.90 Å². The summed E-state index contributed by atoms with van der Waals surface area (Å²) in [6.45, 7) is 0.108. The molecule has 0 spiro atoms. The van der Waals surface area contributed by atoms with Crippen LogP contribution in [0.3, 0.4) is 0 Å².